The molecule has 9 heteroatoms. The Hall–Kier alpha value is -3.49. The third-order valence-corrected chi connectivity index (χ3v) is 5.01. The predicted octanol–water partition coefficient (Wildman–Crippen LogP) is 4.81. The van der Waals surface area contributed by atoms with Crippen LogP contribution in [-0.2, 0) is 0 Å². The van der Waals surface area contributed by atoms with Crippen molar-refractivity contribution in [1.29, 1.82) is 0 Å². The number of benzene rings is 2. The molecular formula is C21H19F3N4O2. The van der Waals surface area contributed by atoms with Crippen LogP contribution < -0.4 is 10.6 Å². The molecule has 6 nitrogen and oxygen atoms in total. The van der Waals surface area contributed by atoms with E-state index in [1.165, 1.54) is 24.3 Å². The van der Waals surface area contributed by atoms with Crippen molar-refractivity contribution >= 4 is 17.4 Å². The summed E-state index contributed by atoms with van der Waals surface area (Å²) in [6.45, 7) is 1.91. The molecule has 2 atom stereocenters. The molecular weight excluding hydrogens is 397 g/mol. The molecule has 2 aromatic carbocycles. The number of phenolic OH excluding ortho intramolecular Hbond substituents is 1. The predicted molar refractivity (Wildman–Crippen MR) is 106 cm³/mol. The lowest BCUT2D eigenvalue weighted by Crippen LogP contribution is -2.35. The highest BCUT2D eigenvalue weighted by Crippen LogP contribution is 2.43. The third kappa shape index (κ3) is 3.96. The summed E-state index contributed by atoms with van der Waals surface area (Å²) in [5.74, 6) is -0.594. The summed E-state index contributed by atoms with van der Waals surface area (Å²) in [5, 5.41) is 19.0. The zero-order valence-electron chi connectivity index (χ0n) is 15.9. The van der Waals surface area contributed by atoms with Crippen molar-refractivity contribution in [2.45, 2.75) is 31.6 Å². The molecule has 0 saturated heterocycles. The number of anilines is 2. The van der Waals surface area contributed by atoms with Crippen LogP contribution in [0.2, 0.25) is 0 Å². The summed E-state index contributed by atoms with van der Waals surface area (Å²) < 4.78 is 42.1. The molecule has 0 bridgehead atoms. The molecule has 0 unspecified atom stereocenters. The first-order valence-electron chi connectivity index (χ1n) is 9.30. The van der Waals surface area contributed by atoms with Gasteiger partial charge in [-0.2, -0.15) is 18.3 Å². The molecule has 3 N–H and O–H groups in total. The summed E-state index contributed by atoms with van der Waals surface area (Å²) in [6.07, 6.45) is -4.76. The van der Waals surface area contributed by atoms with Crippen molar-refractivity contribution in [3.63, 3.8) is 0 Å². The van der Waals surface area contributed by atoms with Gasteiger partial charge in [0.1, 0.15) is 11.6 Å². The van der Waals surface area contributed by atoms with Gasteiger partial charge in [-0.3, -0.25) is 4.79 Å². The van der Waals surface area contributed by atoms with E-state index in [1.807, 2.05) is 19.1 Å². The number of aromatic nitrogens is 2. The molecule has 0 radical (unpaired) electrons. The van der Waals surface area contributed by atoms with Crippen molar-refractivity contribution in [3.05, 3.63) is 71.4 Å². The van der Waals surface area contributed by atoms with Crippen molar-refractivity contribution in [1.82, 2.24) is 9.78 Å². The van der Waals surface area contributed by atoms with E-state index >= 15 is 0 Å². The number of nitrogens with zero attached hydrogens (tertiary/aromatic N) is 2. The fourth-order valence-corrected chi connectivity index (χ4v) is 3.48. The van der Waals surface area contributed by atoms with Gasteiger partial charge in [-0.25, -0.2) is 4.68 Å². The summed E-state index contributed by atoms with van der Waals surface area (Å²) in [5.41, 5.74) is 1.90. The van der Waals surface area contributed by atoms with Gasteiger partial charge in [-0.15, -0.1) is 0 Å². The number of phenols is 1. The standard InChI is InChI=1S/C21H19F3N4O2/c1-12-5-7-13(8-6-12)16-10-18(21(22,23)24)28-19(26-16)11-17(27-28)20(30)25-14-3-2-4-15(29)9-14/h2-9,11,16,18,26,29H,10H2,1H3,(H,25,30)/t16-,18-/m1/s1. The van der Waals surface area contributed by atoms with E-state index in [0.717, 1.165) is 15.8 Å². The fraction of sp³-hybridized carbons (Fsp3) is 0.238. The van der Waals surface area contributed by atoms with E-state index in [9.17, 15) is 23.1 Å². The second-order valence-corrected chi connectivity index (χ2v) is 7.26. The van der Waals surface area contributed by atoms with Crippen LogP contribution in [0.1, 0.15) is 40.1 Å². The van der Waals surface area contributed by atoms with Gasteiger partial charge in [0.25, 0.3) is 5.91 Å². The monoisotopic (exact) mass is 416 g/mol. The molecule has 2 heterocycles. The first-order chi connectivity index (χ1) is 14.2. The Bertz CT molecular complexity index is 1080. The van der Waals surface area contributed by atoms with Crippen LogP contribution in [0.15, 0.2) is 54.6 Å². The summed E-state index contributed by atoms with van der Waals surface area (Å²) >= 11 is 0. The lowest BCUT2D eigenvalue weighted by Gasteiger charge is -2.33. The number of rotatable bonds is 3. The highest BCUT2D eigenvalue weighted by Gasteiger charge is 2.46. The summed E-state index contributed by atoms with van der Waals surface area (Å²) in [6, 6.07) is 12.0. The Morgan fingerprint density at radius 3 is 2.60 bits per heavy atom. The lowest BCUT2D eigenvalue weighted by atomic mass is 9.96. The van der Waals surface area contributed by atoms with Crippen LogP contribution in [-0.4, -0.2) is 27.0 Å². The average Bonchev–Trinajstić information content (AvgIpc) is 3.11. The van der Waals surface area contributed by atoms with Crippen LogP contribution in [0.3, 0.4) is 0 Å². The van der Waals surface area contributed by atoms with Gasteiger partial charge in [0, 0.05) is 24.2 Å². The van der Waals surface area contributed by atoms with Gasteiger partial charge >= 0.3 is 6.18 Å². The molecule has 1 aliphatic rings. The van der Waals surface area contributed by atoms with E-state index in [2.05, 4.69) is 15.7 Å². The van der Waals surface area contributed by atoms with Crippen LogP contribution in [0.25, 0.3) is 0 Å². The molecule has 1 aromatic heterocycles. The third-order valence-electron chi connectivity index (χ3n) is 5.01. The Morgan fingerprint density at radius 2 is 1.93 bits per heavy atom. The zero-order valence-corrected chi connectivity index (χ0v) is 15.9. The lowest BCUT2D eigenvalue weighted by molar-refractivity contribution is -0.173. The van der Waals surface area contributed by atoms with Gasteiger partial charge in [0.05, 0.1) is 6.04 Å². The van der Waals surface area contributed by atoms with E-state index in [-0.39, 0.29) is 23.7 Å². The molecule has 3 aromatic rings. The minimum absolute atomic E-state index is 0.0447. The van der Waals surface area contributed by atoms with Crippen molar-refractivity contribution in [2.75, 3.05) is 10.6 Å². The number of hydrogen-bond donors (Lipinski definition) is 3. The number of amides is 1. The SMILES string of the molecule is Cc1ccc([C@H]2C[C@H](C(F)(F)F)n3nc(C(=O)Nc4cccc(O)c4)cc3N2)cc1. The number of nitrogens with one attached hydrogen (secondary N) is 2. The fourth-order valence-electron chi connectivity index (χ4n) is 3.48. The number of aromatic hydroxyl groups is 1. The summed E-state index contributed by atoms with van der Waals surface area (Å²) in [4.78, 5) is 12.5. The number of hydrogen-bond acceptors (Lipinski definition) is 4. The number of fused-ring (bicyclic) bond motifs is 1. The molecule has 0 fully saturated rings. The maximum Gasteiger partial charge on any atom is 0.410 e. The van der Waals surface area contributed by atoms with Crippen LogP contribution in [0.4, 0.5) is 24.7 Å². The maximum atomic E-state index is 13.8. The molecule has 1 amide bonds. The smallest absolute Gasteiger partial charge is 0.410 e. The Kier molecular flexibility index (Phi) is 4.89. The first-order valence-corrected chi connectivity index (χ1v) is 9.30. The Labute approximate surface area is 170 Å². The molecule has 156 valence electrons. The zero-order chi connectivity index (χ0) is 21.5. The number of aryl methyl sites for hydroxylation is 1. The largest absolute Gasteiger partial charge is 0.508 e. The van der Waals surface area contributed by atoms with E-state index in [0.29, 0.717) is 5.69 Å². The average molecular weight is 416 g/mol. The van der Waals surface area contributed by atoms with Gasteiger partial charge < -0.3 is 15.7 Å². The topological polar surface area (TPSA) is 79.2 Å². The molecule has 1 aliphatic heterocycles. The van der Waals surface area contributed by atoms with E-state index in [4.69, 9.17) is 0 Å². The van der Waals surface area contributed by atoms with Gasteiger partial charge in [-0.05, 0) is 24.6 Å². The second kappa shape index (κ2) is 7.40. The molecule has 0 saturated carbocycles. The quantitative estimate of drug-likeness (QED) is 0.573. The number of alkyl halides is 3. The minimum Gasteiger partial charge on any atom is -0.508 e. The van der Waals surface area contributed by atoms with Gasteiger partial charge in [0.2, 0.25) is 0 Å². The first kappa shape index (κ1) is 19.8. The van der Waals surface area contributed by atoms with Crippen molar-refractivity contribution < 1.29 is 23.1 Å². The summed E-state index contributed by atoms with van der Waals surface area (Å²) in [7, 11) is 0. The molecule has 4 rings (SSSR count). The normalized spacial score (nSPS) is 18.4. The minimum atomic E-state index is -4.52. The van der Waals surface area contributed by atoms with Crippen LogP contribution >= 0.6 is 0 Å². The van der Waals surface area contributed by atoms with Crippen LogP contribution in [0.5, 0.6) is 5.75 Å². The second-order valence-electron chi connectivity index (χ2n) is 7.26. The van der Waals surface area contributed by atoms with E-state index in [1.54, 1.807) is 18.2 Å². The highest BCUT2D eigenvalue weighted by atomic mass is 19.4. The molecule has 0 spiro atoms. The number of halogens is 3. The molecule has 0 aliphatic carbocycles. The van der Waals surface area contributed by atoms with Gasteiger partial charge in [-0.1, -0.05) is 35.9 Å². The highest BCUT2D eigenvalue weighted by molar-refractivity contribution is 6.03. The Balaban J connectivity index is 1.64. The number of carbonyl (C=O) groups excluding carboxylic acids is 1. The number of carbonyl (C=O) groups is 1. The van der Waals surface area contributed by atoms with E-state index < -0.39 is 24.2 Å². The van der Waals surface area contributed by atoms with Gasteiger partial charge in [0.15, 0.2) is 11.7 Å². The molecule has 30 heavy (non-hydrogen) atoms. The Morgan fingerprint density at radius 1 is 1.20 bits per heavy atom. The van der Waals surface area contributed by atoms with Crippen molar-refractivity contribution in [3.8, 4) is 5.75 Å². The van der Waals surface area contributed by atoms with Crippen LogP contribution in [0, 0.1) is 6.92 Å². The van der Waals surface area contributed by atoms with Crippen molar-refractivity contribution in [2.24, 2.45) is 0 Å². The maximum absolute atomic E-state index is 13.8.